The second-order valence-corrected chi connectivity index (χ2v) is 8.06. The van der Waals surface area contributed by atoms with Crippen molar-refractivity contribution < 1.29 is 34.8 Å². The summed E-state index contributed by atoms with van der Waals surface area (Å²) in [5.41, 5.74) is 0.465. The molecular weight excluding hydrogens is 392 g/mol. The number of nitrogens with one attached hydrogen (secondary N) is 2. The maximum absolute atomic E-state index is 12.9. The van der Waals surface area contributed by atoms with Gasteiger partial charge in [0.2, 0.25) is 5.91 Å². The van der Waals surface area contributed by atoms with Crippen LogP contribution in [0.3, 0.4) is 0 Å². The van der Waals surface area contributed by atoms with Gasteiger partial charge in [0.25, 0.3) is 5.91 Å². The highest BCUT2D eigenvalue weighted by atomic mass is 16.5. The highest BCUT2D eigenvalue weighted by Crippen LogP contribution is 2.27. The van der Waals surface area contributed by atoms with Crippen LogP contribution in [0.25, 0.3) is 0 Å². The van der Waals surface area contributed by atoms with Crippen molar-refractivity contribution >= 4 is 11.8 Å². The Hall–Kier alpha value is -2.04. The predicted octanol–water partition coefficient (Wildman–Crippen LogP) is -0.661. The summed E-state index contributed by atoms with van der Waals surface area (Å²) in [6.45, 7) is 1.54. The van der Waals surface area contributed by atoms with Gasteiger partial charge in [-0.2, -0.15) is 0 Å². The molecule has 0 bridgehead atoms. The van der Waals surface area contributed by atoms with Gasteiger partial charge in [0, 0.05) is 6.04 Å². The molecule has 0 unspecified atom stereocenters. The number of hydrogen-bond acceptors (Lipinski definition) is 7. The molecule has 9 heteroatoms. The van der Waals surface area contributed by atoms with Gasteiger partial charge in [-0.15, -0.1) is 0 Å². The lowest BCUT2D eigenvalue weighted by atomic mass is 9.83. The standard InChI is InChI=1S/C21H30N2O7/c1-11-15(24)17(26)18(27)21(30-11)23-19(28)13-9-5-6-10-14(13)22-20(29)16(25)12-7-3-2-4-8-12/h2-4,7-8,11,13-18,21,24-27H,5-6,9-10H2,1H3,(H,22,29)(H,23,28)/t11-,13-,14+,15+,16+,17+,18-,21+/m0/s1. The van der Waals surface area contributed by atoms with Crippen LogP contribution in [-0.4, -0.2) is 68.9 Å². The van der Waals surface area contributed by atoms with Crippen molar-refractivity contribution in [1.29, 1.82) is 0 Å². The zero-order valence-electron chi connectivity index (χ0n) is 16.8. The molecule has 30 heavy (non-hydrogen) atoms. The zero-order chi connectivity index (χ0) is 21.8. The number of rotatable bonds is 5. The van der Waals surface area contributed by atoms with Gasteiger partial charge >= 0.3 is 0 Å². The molecule has 0 spiro atoms. The number of ether oxygens (including phenoxy) is 1. The maximum atomic E-state index is 12.9. The first kappa shape index (κ1) is 22.6. The zero-order valence-corrected chi connectivity index (χ0v) is 16.8. The van der Waals surface area contributed by atoms with Crippen LogP contribution in [0.5, 0.6) is 0 Å². The summed E-state index contributed by atoms with van der Waals surface area (Å²) in [5.74, 6) is -1.57. The van der Waals surface area contributed by atoms with Crippen molar-refractivity contribution in [3.63, 3.8) is 0 Å². The summed E-state index contributed by atoms with van der Waals surface area (Å²) in [4.78, 5) is 25.4. The molecule has 2 aliphatic rings. The Kier molecular flexibility index (Phi) is 7.43. The SMILES string of the molecule is C[C@@H]1O[C@@H](NC(=O)[C@H]2CCCC[C@H]2NC(=O)[C@H](O)c2ccccc2)[C@@H](O)[C@H](O)[C@@H]1O. The van der Waals surface area contributed by atoms with Crippen LogP contribution in [0.2, 0.25) is 0 Å². The summed E-state index contributed by atoms with van der Waals surface area (Å²) in [6, 6.07) is 8.07. The molecule has 0 aromatic heterocycles. The van der Waals surface area contributed by atoms with Crippen molar-refractivity contribution in [3.05, 3.63) is 35.9 Å². The van der Waals surface area contributed by atoms with Gasteiger partial charge in [-0.1, -0.05) is 43.2 Å². The molecule has 1 saturated heterocycles. The van der Waals surface area contributed by atoms with Gasteiger partial charge in [0.15, 0.2) is 12.3 Å². The van der Waals surface area contributed by atoms with E-state index in [-0.39, 0.29) is 0 Å². The van der Waals surface area contributed by atoms with Crippen molar-refractivity contribution in [2.45, 2.75) is 75.4 Å². The maximum Gasteiger partial charge on any atom is 0.253 e. The van der Waals surface area contributed by atoms with Crippen LogP contribution in [0, 0.1) is 5.92 Å². The Bertz CT molecular complexity index is 731. The lowest BCUT2D eigenvalue weighted by molar-refractivity contribution is -0.225. The molecule has 3 rings (SSSR count). The Labute approximate surface area is 175 Å². The lowest BCUT2D eigenvalue weighted by Gasteiger charge is -2.40. The van der Waals surface area contributed by atoms with E-state index in [1.54, 1.807) is 30.3 Å². The minimum Gasteiger partial charge on any atom is -0.388 e. The molecule has 1 saturated carbocycles. The summed E-state index contributed by atoms with van der Waals surface area (Å²) >= 11 is 0. The molecule has 1 heterocycles. The normalized spacial score (nSPS) is 35.3. The van der Waals surface area contributed by atoms with E-state index in [9.17, 15) is 30.0 Å². The molecule has 0 radical (unpaired) electrons. The molecule has 1 aliphatic heterocycles. The monoisotopic (exact) mass is 422 g/mol. The van der Waals surface area contributed by atoms with Crippen LogP contribution in [0.1, 0.15) is 44.3 Å². The number of hydrogen-bond donors (Lipinski definition) is 6. The average molecular weight is 422 g/mol. The number of aliphatic hydroxyl groups excluding tert-OH is 4. The van der Waals surface area contributed by atoms with Gasteiger partial charge in [-0.25, -0.2) is 0 Å². The van der Waals surface area contributed by atoms with E-state index >= 15 is 0 Å². The smallest absolute Gasteiger partial charge is 0.253 e. The highest BCUT2D eigenvalue weighted by molar-refractivity contribution is 5.84. The average Bonchev–Trinajstić information content (AvgIpc) is 2.76. The summed E-state index contributed by atoms with van der Waals surface area (Å²) < 4.78 is 5.44. The predicted molar refractivity (Wildman–Crippen MR) is 106 cm³/mol. The van der Waals surface area contributed by atoms with E-state index in [1.807, 2.05) is 0 Å². The minimum absolute atomic E-state index is 0.422. The van der Waals surface area contributed by atoms with E-state index in [4.69, 9.17) is 4.74 Å². The minimum atomic E-state index is -1.48. The fraction of sp³-hybridized carbons (Fsp3) is 0.619. The first-order chi connectivity index (χ1) is 14.3. The van der Waals surface area contributed by atoms with Crippen LogP contribution >= 0.6 is 0 Å². The molecule has 1 aromatic rings. The second kappa shape index (κ2) is 9.84. The number of amides is 2. The van der Waals surface area contributed by atoms with E-state index in [2.05, 4.69) is 10.6 Å². The highest BCUT2D eigenvalue weighted by Gasteiger charge is 2.43. The van der Waals surface area contributed by atoms with E-state index in [0.29, 0.717) is 18.4 Å². The Morgan fingerprint density at radius 1 is 1.00 bits per heavy atom. The van der Waals surface area contributed by atoms with E-state index in [1.165, 1.54) is 6.92 Å². The van der Waals surface area contributed by atoms with Gasteiger partial charge in [-0.3, -0.25) is 9.59 Å². The molecule has 9 nitrogen and oxygen atoms in total. The first-order valence-corrected chi connectivity index (χ1v) is 10.3. The summed E-state index contributed by atoms with van der Waals surface area (Å²) in [5, 5.41) is 45.5. The van der Waals surface area contributed by atoms with Crippen molar-refractivity contribution in [2.24, 2.45) is 5.92 Å². The molecular formula is C21H30N2O7. The van der Waals surface area contributed by atoms with Crippen molar-refractivity contribution in [2.75, 3.05) is 0 Å². The quantitative estimate of drug-likeness (QED) is 0.369. The largest absolute Gasteiger partial charge is 0.388 e. The van der Waals surface area contributed by atoms with Crippen LogP contribution < -0.4 is 10.6 Å². The summed E-state index contributed by atoms with van der Waals surface area (Å²) in [6.07, 6.45) is -4.70. The van der Waals surface area contributed by atoms with Gasteiger partial charge in [0.1, 0.15) is 18.3 Å². The molecule has 2 amide bonds. The topological polar surface area (TPSA) is 148 Å². The van der Waals surface area contributed by atoms with Crippen LogP contribution in [0.15, 0.2) is 30.3 Å². The molecule has 1 aromatic carbocycles. The first-order valence-electron chi connectivity index (χ1n) is 10.3. The second-order valence-electron chi connectivity index (χ2n) is 8.06. The summed E-state index contributed by atoms with van der Waals surface area (Å²) in [7, 11) is 0. The Balaban J connectivity index is 1.63. The molecule has 6 N–H and O–H groups in total. The van der Waals surface area contributed by atoms with Crippen molar-refractivity contribution in [3.8, 4) is 0 Å². The Morgan fingerprint density at radius 2 is 1.67 bits per heavy atom. The van der Waals surface area contributed by atoms with Crippen molar-refractivity contribution in [1.82, 2.24) is 10.6 Å². The van der Waals surface area contributed by atoms with Crippen LogP contribution in [0.4, 0.5) is 0 Å². The number of benzene rings is 1. The molecule has 2 fully saturated rings. The van der Waals surface area contributed by atoms with Gasteiger partial charge < -0.3 is 35.8 Å². The fourth-order valence-electron chi connectivity index (χ4n) is 4.08. The third-order valence-corrected chi connectivity index (χ3v) is 5.93. The lowest BCUT2D eigenvalue weighted by Crippen LogP contribution is -2.63. The van der Waals surface area contributed by atoms with Crippen LogP contribution in [-0.2, 0) is 14.3 Å². The number of aliphatic hydroxyl groups is 4. The van der Waals surface area contributed by atoms with E-state index < -0.39 is 60.5 Å². The molecule has 8 atom stereocenters. The third kappa shape index (κ3) is 4.98. The molecule has 166 valence electrons. The van der Waals surface area contributed by atoms with Gasteiger partial charge in [0.05, 0.1) is 12.0 Å². The third-order valence-electron chi connectivity index (χ3n) is 5.93. The number of carbonyl (C=O) groups is 2. The van der Waals surface area contributed by atoms with E-state index in [0.717, 1.165) is 12.8 Å². The van der Waals surface area contributed by atoms with Gasteiger partial charge in [-0.05, 0) is 25.3 Å². The fourth-order valence-corrected chi connectivity index (χ4v) is 4.08. The molecule has 1 aliphatic carbocycles. The Morgan fingerprint density at radius 3 is 2.37 bits per heavy atom. The number of carbonyl (C=O) groups excluding carboxylic acids is 2.